The SMILES string of the molecule is NC1(P(=O)(O)O)CC1c1ccccc1. The van der Waals surface area contributed by atoms with E-state index in [2.05, 4.69) is 0 Å². The zero-order chi connectivity index (χ0) is 10.4. The molecule has 0 aromatic heterocycles. The summed E-state index contributed by atoms with van der Waals surface area (Å²) in [5.74, 6) is -0.204. The van der Waals surface area contributed by atoms with Gasteiger partial charge in [-0.25, -0.2) is 0 Å². The molecule has 76 valence electrons. The molecule has 2 rings (SSSR count). The second-order valence-corrected chi connectivity index (χ2v) is 5.62. The van der Waals surface area contributed by atoms with Crippen molar-refractivity contribution in [3.8, 4) is 0 Å². The summed E-state index contributed by atoms with van der Waals surface area (Å²) in [6, 6.07) is 9.23. The maximum atomic E-state index is 11.1. The highest BCUT2D eigenvalue weighted by molar-refractivity contribution is 7.54. The Morgan fingerprint density at radius 3 is 2.36 bits per heavy atom. The molecule has 4 N–H and O–H groups in total. The lowest BCUT2D eigenvalue weighted by Crippen LogP contribution is -2.24. The molecule has 2 unspecified atom stereocenters. The fourth-order valence-electron chi connectivity index (χ4n) is 1.68. The van der Waals surface area contributed by atoms with Crippen LogP contribution in [0.25, 0.3) is 0 Å². The van der Waals surface area contributed by atoms with E-state index in [4.69, 9.17) is 15.5 Å². The minimum absolute atomic E-state index is 0.204. The summed E-state index contributed by atoms with van der Waals surface area (Å²) in [6.07, 6.45) is 0.362. The molecule has 1 aliphatic carbocycles. The van der Waals surface area contributed by atoms with Gasteiger partial charge in [0.2, 0.25) is 0 Å². The van der Waals surface area contributed by atoms with E-state index in [0.29, 0.717) is 6.42 Å². The van der Waals surface area contributed by atoms with Gasteiger partial charge in [0, 0.05) is 5.92 Å². The fourth-order valence-corrected chi connectivity index (χ4v) is 2.66. The average Bonchev–Trinajstić information content (AvgIpc) is 2.80. The summed E-state index contributed by atoms with van der Waals surface area (Å²) < 4.78 is 11.1. The van der Waals surface area contributed by atoms with Gasteiger partial charge in [0.15, 0.2) is 0 Å². The summed E-state index contributed by atoms with van der Waals surface area (Å²) in [7, 11) is -4.18. The van der Waals surface area contributed by atoms with Crippen LogP contribution in [0.5, 0.6) is 0 Å². The van der Waals surface area contributed by atoms with Crippen molar-refractivity contribution in [2.24, 2.45) is 5.73 Å². The molecule has 0 aliphatic heterocycles. The second kappa shape index (κ2) is 2.91. The summed E-state index contributed by atoms with van der Waals surface area (Å²) in [5.41, 5.74) is 6.54. The molecule has 14 heavy (non-hydrogen) atoms. The van der Waals surface area contributed by atoms with Gasteiger partial charge in [-0.15, -0.1) is 0 Å². The summed E-state index contributed by atoms with van der Waals surface area (Å²) in [6.45, 7) is 0. The molecule has 1 fully saturated rings. The number of hydrogen-bond acceptors (Lipinski definition) is 2. The Kier molecular flexibility index (Phi) is 2.05. The molecule has 0 spiro atoms. The normalized spacial score (nSPS) is 31.5. The first kappa shape index (κ1) is 9.87. The number of nitrogens with two attached hydrogens (primary N) is 1. The average molecular weight is 213 g/mol. The van der Waals surface area contributed by atoms with Gasteiger partial charge in [-0.05, 0) is 12.0 Å². The first-order chi connectivity index (χ1) is 6.45. The second-order valence-electron chi connectivity index (χ2n) is 3.70. The molecule has 2 atom stereocenters. The van der Waals surface area contributed by atoms with Crippen LogP contribution < -0.4 is 5.73 Å². The lowest BCUT2D eigenvalue weighted by atomic mass is 10.1. The van der Waals surface area contributed by atoms with Gasteiger partial charge in [-0.2, -0.15) is 0 Å². The Hall–Kier alpha value is -0.670. The lowest BCUT2D eigenvalue weighted by molar-refractivity contribution is 0.353. The third-order valence-corrected chi connectivity index (χ3v) is 4.30. The standard InChI is InChI=1S/C9H12NO3P/c10-9(14(11,12)13)6-8(9)7-4-2-1-3-5-7/h1-5,8H,6,10H2,(H2,11,12,13). The Morgan fingerprint density at radius 2 is 1.93 bits per heavy atom. The first-order valence-electron chi connectivity index (χ1n) is 4.34. The van der Waals surface area contributed by atoms with Crippen LogP contribution >= 0.6 is 7.60 Å². The smallest absolute Gasteiger partial charge is 0.323 e. The van der Waals surface area contributed by atoms with Crippen LogP contribution in [0.3, 0.4) is 0 Å². The fraction of sp³-hybridized carbons (Fsp3) is 0.333. The van der Waals surface area contributed by atoms with Crippen LogP contribution in [-0.2, 0) is 4.57 Å². The van der Waals surface area contributed by atoms with E-state index in [0.717, 1.165) is 5.56 Å². The lowest BCUT2D eigenvalue weighted by Gasteiger charge is -2.13. The Bertz CT molecular complexity index is 388. The zero-order valence-corrected chi connectivity index (χ0v) is 8.39. The minimum Gasteiger partial charge on any atom is -0.323 e. The van der Waals surface area contributed by atoms with Crippen molar-refractivity contribution in [2.75, 3.05) is 0 Å². The predicted octanol–water partition coefficient (Wildman–Crippen LogP) is 1.01. The van der Waals surface area contributed by atoms with Crippen molar-refractivity contribution in [2.45, 2.75) is 17.6 Å². The molecule has 4 nitrogen and oxygen atoms in total. The van der Waals surface area contributed by atoms with Crippen molar-refractivity contribution in [3.63, 3.8) is 0 Å². The van der Waals surface area contributed by atoms with E-state index in [1.54, 1.807) is 0 Å². The first-order valence-corrected chi connectivity index (χ1v) is 5.96. The van der Waals surface area contributed by atoms with Crippen molar-refractivity contribution < 1.29 is 14.4 Å². The maximum absolute atomic E-state index is 11.1. The molecule has 0 bridgehead atoms. The topological polar surface area (TPSA) is 83.6 Å². The quantitative estimate of drug-likeness (QED) is 0.640. The summed E-state index contributed by atoms with van der Waals surface area (Å²) in [5, 5.41) is -1.33. The molecular formula is C9H12NO3P. The van der Waals surface area contributed by atoms with Gasteiger partial charge < -0.3 is 15.5 Å². The summed E-state index contributed by atoms with van der Waals surface area (Å²) in [4.78, 5) is 18.1. The van der Waals surface area contributed by atoms with Crippen LogP contribution in [0, 0.1) is 0 Å². The van der Waals surface area contributed by atoms with Gasteiger partial charge in [0.05, 0.1) is 0 Å². The van der Waals surface area contributed by atoms with Crippen LogP contribution in [-0.4, -0.2) is 15.1 Å². The van der Waals surface area contributed by atoms with Crippen molar-refractivity contribution in [1.82, 2.24) is 0 Å². The van der Waals surface area contributed by atoms with E-state index in [-0.39, 0.29) is 5.92 Å². The Labute approximate surface area is 81.9 Å². The van der Waals surface area contributed by atoms with Gasteiger partial charge in [-0.1, -0.05) is 30.3 Å². The highest BCUT2D eigenvalue weighted by Gasteiger charge is 2.63. The van der Waals surface area contributed by atoms with Crippen LogP contribution in [0.1, 0.15) is 17.9 Å². The molecular weight excluding hydrogens is 201 g/mol. The molecule has 5 heteroatoms. The third-order valence-electron chi connectivity index (χ3n) is 2.72. The van der Waals surface area contributed by atoms with Crippen molar-refractivity contribution in [1.29, 1.82) is 0 Å². The molecule has 1 saturated carbocycles. The van der Waals surface area contributed by atoms with Crippen molar-refractivity contribution >= 4 is 7.60 Å². The van der Waals surface area contributed by atoms with E-state index >= 15 is 0 Å². The van der Waals surface area contributed by atoms with E-state index in [1.807, 2.05) is 30.3 Å². The van der Waals surface area contributed by atoms with Gasteiger partial charge in [-0.3, -0.25) is 4.57 Å². The minimum atomic E-state index is -4.18. The molecule has 0 radical (unpaired) electrons. The molecule has 1 aromatic carbocycles. The van der Waals surface area contributed by atoms with Crippen molar-refractivity contribution in [3.05, 3.63) is 35.9 Å². The van der Waals surface area contributed by atoms with Gasteiger partial charge in [0.25, 0.3) is 0 Å². The van der Waals surface area contributed by atoms with Crippen LogP contribution in [0.4, 0.5) is 0 Å². The van der Waals surface area contributed by atoms with Crippen LogP contribution in [0.15, 0.2) is 30.3 Å². The number of benzene rings is 1. The van der Waals surface area contributed by atoms with E-state index < -0.39 is 12.9 Å². The summed E-state index contributed by atoms with van der Waals surface area (Å²) >= 11 is 0. The zero-order valence-electron chi connectivity index (χ0n) is 7.50. The molecule has 1 aromatic rings. The highest BCUT2D eigenvalue weighted by Crippen LogP contribution is 2.68. The largest absolute Gasteiger partial charge is 0.345 e. The number of rotatable bonds is 2. The van der Waals surface area contributed by atoms with Gasteiger partial charge in [0.1, 0.15) is 5.28 Å². The Morgan fingerprint density at radius 1 is 1.36 bits per heavy atom. The maximum Gasteiger partial charge on any atom is 0.345 e. The third kappa shape index (κ3) is 1.41. The van der Waals surface area contributed by atoms with E-state index in [9.17, 15) is 4.57 Å². The molecule has 0 saturated heterocycles. The highest BCUT2D eigenvalue weighted by atomic mass is 31.2. The molecule has 1 aliphatic rings. The van der Waals surface area contributed by atoms with Gasteiger partial charge >= 0.3 is 7.60 Å². The number of hydrogen-bond donors (Lipinski definition) is 3. The van der Waals surface area contributed by atoms with E-state index in [1.165, 1.54) is 0 Å². The molecule has 0 amide bonds. The molecule has 0 heterocycles. The Balaban J connectivity index is 2.25. The monoisotopic (exact) mass is 213 g/mol. The predicted molar refractivity (Wildman–Crippen MR) is 52.8 cm³/mol. The van der Waals surface area contributed by atoms with Crippen LogP contribution in [0.2, 0.25) is 0 Å².